The molecule has 0 saturated heterocycles. The van der Waals surface area contributed by atoms with Gasteiger partial charge >= 0.3 is 0 Å². The number of nitrogens with zero attached hydrogens (tertiary/aromatic N) is 2. The summed E-state index contributed by atoms with van der Waals surface area (Å²) in [6.07, 6.45) is 1.54. The Kier molecular flexibility index (Phi) is 6.60. The maximum Gasteiger partial charge on any atom is 0.278 e. The molecule has 1 heterocycles. The largest absolute Gasteiger partial charge is 0.325 e. The van der Waals surface area contributed by atoms with Gasteiger partial charge in [0.25, 0.3) is 5.56 Å². The highest BCUT2D eigenvalue weighted by molar-refractivity contribution is 8.00. The second-order valence-electron chi connectivity index (χ2n) is 6.23. The Balaban J connectivity index is 1.70. The smallest absolute Gasteiger partial charge is 0.278 e. The van der Waals surface area contributed by atoms with E-state index in [1.54, 1.807) is 12.1 Å². The molecule has 0 fully saturated rings. The molecule has 6 nitrogen and oxygen atoms in total. The summed E-state index contributed by atoms with van der Waals surface area (Å²) in [7, 11) is 0. The summed E-state index contributed by atoms with van der Waals surface area (Å²) < 4.78 is 0. The Hall–Kier alpha value is -2.93. The normalized spacial score (nSPS) is 11.8. The Morgan fingerprint density at radius 1 is 1.07 bits per heavy atom. The van der Waals surface area contributed by atoms with Gasteiger partial charge in [-0.25, -0.2) is 0 Å². The van der Waals surface area contributed by atoms with Crippen LogP contribution in [0.15, 0.2) is 64.5 Å². The Morgan fingerprint density at radius 2 is 1.79 bits per heavy atom. The Morgan fingerprint density at radius 3 is 2.39 bits per heavy atom. The number of benzene rings is 2. The number of H-pyrrole nitrogens is 1. The zero-order valence-electron chi connectivity index (χ0n) is 15.8. The minimum absolute atomic E-state index is 0.133. The average Bonchev–Trinajstić information content (AvgIpc) is 2.73. The molecule has 1 aromatic heterocycles. The van der Waals surface area contributed by atoms with Crippen LogP contribution < -0.4 is 10.9 Å². The van der Waals surface area contributed by atoms with E-state index in [2.05, 4.69) is 27.4 Å². The molecule has 0 aliphatic rings. The van der Waals surface area contributed by atoms with Gasteiger partial charge in [0, 0.05) is 11.3 Å². The quantitative estimate of drug-likeness (QED) is 0.593. The van der Waals surface area contributed by atoms with Crippen LogP contribution in [0.3, 0.4) is 0 Å². The lowest BCUT2D eigenvalue weighted by Gasteiger charge is -2.14. The van der Waals surface area contributed by atoms with Crippen LogP contribution in [-0.2, 0) is 11.2 Å². The molecule has 0 saturated carbocycles. The van der Waals surface area contributed by atoms with Crippen LogP contribution in [0.5, 0.6) is 0 Å². The zero-order chi connectivity index (χ0) is 19.9. The monoisotopic (exact) mass is 394 g/mol. The number of aryl methyl sites for hydroxylation is 1. The van der Waals surface area contributed by atoms with Crippen LogP contribution in [0.4, 0.5) is 5.69 Å². The maximum atomic E-state index is 12.6. The van der Waals surface area contributed by atoms with Gasteiger partial charge in [-0.2, -0.15) is 0 Å². The minimum atomic E-state index is -0.390. The van der Waals surface area contributed by atoms with Gasteiger partial charge in [-0.3, -0.25) is 14.6 Å². The van der Waals surface area contributed by atoms with E-state index >= 15 is 0 Å². The molecule has 0 spiro atoms. The van der Waals surface area contributed by atoms with Gasteiger partial charge in [-0.15, -0.1) is 10.2 Å². The second kappa shape index (κ2) is 9.32. The van der Waals surface area contributed by atoms with Crippen molar-refractivity contribution >= 4 is 23.4 Å². The topological polar surface area (TPSA) is 87.7 Å². The molecular formula is C21H22N4O2S. The summed E-state index contributed by atoms with van der Waals surface area (Å²) in [5.74, 6) is -0.133. The molecule has 1 amide bonds. The van der Waals surface area contributed by atoms with E-state index in [1.807, 2.05) is 49.4 Å². The molecule has 0 radical (unpaired) electrons. The first-order valence-electron chi connectivity index (χ1n) is 9.19. The van der Waals surface area contributed by atoms with Crippen LogP contribution in [0.25, 0.3) is 11.3 Å². The van der Waals surface area contributed by atoms with Crippen molar-refractivity contribution in [3.8, 4) is 11.3 Å². The first kappa shape index (κ1) is 19.8. The number of anilines is 1. The van der Waals surface area contributed by atoms with Crippen LogP contribution in [0.2, 0.25) is 0 Å². The molecule has 1 unspecified atom stereocenters. The fraction of sp³-hybridized carbons (Fsp3) is 0.238. The third-order valence-electron chi connectivity index (χ3n) is 4.27. The molecule has 144 valence electrons. The lowest BCUT2D eigenvalue weighted by Crippen LogP contribution is -2.25. The van der Waals surface area contributed by atoms with Gasteiger partial charge in [0.2, 0.25) is 5.91 Å². The highest BCUT2D eigenvalue weighted by Crippen LogP contribution is 2.23. The first-order valence-corrected chi connectivity index (χ1v) is 10.1. The van der Waals surface area contributed by atoms with Crippen LogP contribution in [0.1, 0.15) is 25.8 Å². The number of amides is 1. The van der Waals surface area contributed by atoms with E-state index in [9.17, 15) is 9.59 Å². The number of carbonyl (C=O) groups is 1. The van der Waals surface area contributed by atoms with Gasteiger partial charge in [-0.1, -0.05) is 68.1 Å². The van der Waals surface area contributed by atoms with Crippen molar-refractivity contribution < 1.29 is 4.79 Å². The summed E-state index contributed by atoms with van der Waals surface area (Å²) in [6.45, 7) is 4.00. The Labute approximate surface area is 167 Å². The SMILES string of the molecule is CCc1ccc(NC(=O)C(CC)Sc2nnc(-c3ccccc3)c(=O)[nH]2)cc1. The summed E-state index contributed by atoms with van der Waals surface area (Å²) >= 11 is 1.20. The molecule has 3 aromatic rings. The summed E-state index contributed by atoms with van der Waals surface area (Å²) in [5.41, 5.74) is 2.60. The predicted molar refractivity (Wildman–Crippen MR) is 112 cm³/mol. The molecule has 2 N–H and O–H groups in total. The van der Waals surface area contributed by atoms with Crippen molar-refractivity contribution in [3.63, 3.8) is 0 Å². The molecule has 28 heavy (non-hydrogen) atoms. The number of thioether (sulfide) groups is 1. The molecular weight excluding hydrogens is 372 g/mol. The highest BCUT2D eigenvalue weighted by Gasteiger charge is 2.20. The molecule has 7 heteroatoms. The third kappa shape index (κ3) is 4.86. The van der Waals surface area contributed by atoms with Crippen LogP contribution >= 0.6 is 11.8 Å². The van der Waals surface area contributed by atoms with E-state index in [1.165, 1.54) is 17.3 Å². The lowest BCUT2D eigenvalue weighted by atomic mass is 10.1. The van der Waals surface area contributed by atoms with Gasteiger partial charge in [0.05, 0.1) is 5.25 Å². The van der Waals surface area contributed by atoms with Crippen LogP contribution in [0, 0.1) is 0 Å². The second-order valence-corrected chi connectivity index (χ2v) is 7.42. The number of rotatable bonds is 7. The fourth-order valence-corrected chi connectivity index (χ4v) is 3.51. The van der Waals surface area contributed by atoms with E-state index in [-0.39, 0.29) is 17.2 Å². The molecule has 0 bridgehead atoms. The fourth-order valence-electron chi connectivity index (χ4n) is 2.66. The van der Waals surface area contributed by atoms with Gasteiger partial charge < -0.3 is 5.32 Å². The number of aromatic nitrogens is 3. The van der Waals surface area contributed by atoms with Crippen molar-refractivity contribution in [2.45, 2.75) is 37.1 Å². The number of hydrogen-bond donors (Lipinski definition) is 2. The van der Waals surface area contributed by atoms with E-state index < -0.39 is 5.25 Å². The molecule has 0 aliphatic carbocycles. The van der Waals surface area contributed by atoms with Gasteiger partial charge in [-0.05, 0) is 30.5 Å². The third-order valence-corrected chi connectivity index (χ3v) is 5.51. The summed E-state index contributed by atoms with van der Waals surface area (Å²) in [5, 5.41) is 11.0. The van der Waals surface area contributed by atoms with Gasteiger partial charge in [0.1, 0.15) is 0 Å². The standard InChI is InChI=1S/C21H22N4O2S/c1-3-14-10-12-16(13-11-14)22-19(26)17(4-2)28-21-23-20(27)18(24-25-21)15-8-6-5-7-9-15/h5-13,17H,3-4H2,1-2H3,(H,22,26)(H,23,25,27). The predicted octanol–water partition coefficient (Wildman–Crippen LogP) is 3.90. The maximum absolute atomic E-state index is 12.6. The summed E-state index contributed by atoms with van der Waals surface area (Å²) in [4.78, 5) is 27.7. The number of hydrogen-bond acceptors (Lipinski definition) is 5. The number of nitrogens with one attached hydrogen (secondary N) is 2. The average molecular weight is 395 g/mol. The molecule has 2 aromatic carbocycles. The van der Waals surface area contributed by atoms with Crippen LogP contribution in [-0.4, -0.2) is 26.3 Å². The number of aromatic amines is 1. The van der Waals surface area contributed by atoms with Crippen molar-refractivity contribution in [2.75, 3.05) is 5.32 Å². The van der Waals surface area contributed by atoms with E-state index in [0.29, 0.717) is 17.1 Å². The minimum Gasteiger partial charge on any atom is -0.325 e. The highest BCUT2D eigenvalue weighted by atomic mass is 32.2. The summed E-state index contributed by atoms with van der Waals surface area (Å²) in [6, 6.07) is 16.9. The number of carbonyl (C=O) groups excluding carboxylic acids is 1. The molecule has 3 rings (SSSR count). The van der Waals surface area contributed by atoms with Crippen molar-refractivity contribution in [1.82, 2.24) is 15.2 Å². The molecule has 1 atom stereocenters. The lowest BCUT2D eigenvalue weighted by molar-refractivity contribution is -0.115. The molecule has 0 aliphatic heterocycles. The van der Waals surface area contributed by atoms with Crippen molar-refractivity contribution in [2.24, 2.45) is 0 Å². The van der Waals surface area contributed by atoms with E-state index in [0.717, 1.165) is 12.1 Å². The Bertz CT molecular complexity index is 987. The first-order chi connectivity index (χ1) is 13.6. The van der Waals surface area contributed by atoms with E-state index in [4.69, 9.17) is 0 Å². The van der Waals surface area contributed by atoms with Gasteiger partial charge in [0.15, 0.2) is 10.9 Å². The van der Waals surface area contributed by atoms with Crippen molar-refractivity contribution in [3.05, 3.63) is 70.5 Å². The zero-order valence-corrected chi connectivity index (χ0v) is 16.6. The van der Waals surface area contributed by atoms with Crippen molar-refractivity contribution in [1.29, 1.82) is 0 Å².